The van der Waals surface area contributed by atoms with Crippen LogP contribution in [0.25, 0.3) is 16.8 Å². The molecule has 8 heteroatoms. The highest BCUT2D eigenvalue weighted by Gasteiger charge is 2.27. The summed E-state index contributed by atoms with van der Waals surface area (Å²) in [7, 11) is 0. The quantitative estimate of drug-likeness (QED) is 0.536. The van der Waals surface area contributed by atoms with Crippen molar-refractivity contribution in [2.24, 2.45) is 5.92 Å². The molecule has 0 bridgehead atoms. The Morgan fingerprint density at radius 2 is 1.85 bits per heavy atom. The summed E-state index contributed by atoms with van der Waals surface area (Å²) >= 11 is 0. The monoisotopic (exact) mass is 452 g/mol. The number of carboxylic acids is 1. The van der Waals surface area contributed by atoms with E-state index in [0.717, 1.165) is 42.5 Å². The topological polar surface area (TPSA) is 96.6 Å². The third-order valence-electron chi connectivity index (χ3n) is 6.27. The van der Waals surface area contributed by atoms with Crippen LogP contribution in [0.3, 0.4) is 0 Å². The molecule has 33 heavy (non-hydrogen) atoms. The van der Waals surface area contributed by atoms with Crippen molar-refractivity contribution < 1.29 is 19.1 Å². The number of benzene rings is 1. The van der Waals surface area contributed by atoms with Crippen molar-refractivity contribution in [3.05, 3.63) is 53.7 Å². The van der Waals surface area contributed by atoms with Crippen LogP contribution in [-0.4, -0.2) is 37.6 Å². The molecule has 3 aromatic rings. The van der Waals surface area contributed by atoms with Gasteiger partial charge in [0.25, 0.3) is 5.91 Å². The molecule has 1 amide bonds. The van der Waals surface area contributed by atoms with E-state index in [0.29, 0.717) is 12.1 Å². The summed E-state index contributed by atoms with van der Waals surface area (Å²) in [6.07, 6.45) is 8.92. The summed E-state index contributed by atoms with van der Waals surface area (Å²) < 4.78 is 15.2. The Kier molecular flexibility index (Phi) is 6.72. The minimum atomic E-state index is -1.07. The van der Waals surface area contributed by atoms with Crippen LogP contribution in [0.5, 0.6) is 0 Å². The van der Waals surface area contributed by atoms with Crippen molar-refractivity contribution in [2.45, 2.75) is 64.3 Å². The number of aliphatic carboxylic acids is 1. The third-order valence-corrected chi connectivity index (χ3v) is 6.27. The van der Waals surface area contributed by atoms with Gasteiger partial charge in [0.2, 0.25) is 0 Å². The van der Waals surface area contributed by atoms with Crippen LogP contribution in [0.15, 0.2) is 36.7 Å². The SMILES string of the molecule is CC(C)C[C@H](NC(=O)c1cnn2c(C3CCCCC3)c(-c3ccc(F)cc3)cnc12)C(=O)O. The van der Waals surface area contributed by atoms with Crippen molar-refractivity contribution in [3.63, 3.8) is 0 Å². The largest absolute Gasteiger partial charge is 0.480 e. The maximum atomic E-state index is 13.5. The van der Waals surface area contributed by atoms with Crippen LogP contribution in [0, 0.1) is 11.7 Å². The average molecular weight is 453 g/mol. The number of aromatic nitrogens is 3. The van der Waals surface area contributed by atoms with Gasteiger partial charge in [0.15, 0.2) is 5.65 Å². The maximum Gasteiger partial charge on any atom is 0.326 e. The van der Waals surface area contributed by atoms with E-state index in [1.807, 2.05) is 13.8 Å². The van der Waals surface area contributed by atoms with Gasteiger partial charge in [0.1, 0.15) is 17.4 Å². The highest BCUT2D eigenvalue weighted by Crippen LogP contribution is 2.38. The molecule has 7 nitrogen and oxygen atoms in total. The molecule has 2 heterocycles. The first-order chi connectivity index (χ1) is 15.8. The number of fused-ring (bicyclic) bond motifs is 1. The highest BCUT2D eigenvalue weighted by atomic mass is 19.1. The number of amides is 1. The third kappa shape index (κ3) is 4.89. The van der Waals surface area contributed by atoms with E-state index in [4.69, 9.17) is 0 Å². The predicted molar refractivity (Wildman–Crippen MR) is 123 cm³/mol. The molecule has 174 valence electrons. The van der Waals surface area contributed by atoms with Crippen LogP contribution in [-0.2, 0) is 4.79 Å². The first-order valence-electron chi connectivity index (χ1n) is 11.5. The number of hydrogen-bond donors (Lipinski definition) is 2. The number of rotatable bonds is 7. The molecule has 1 aliphatic carbocycles. The Hall–Kier alpha value is -3.29. The zero-order chi connectivity index (χ0) is 23.5. The number of halogens is 1. The Balaban J connectivity index is 1.76. The fraction of sp³-hybridized carbons (Fsp3) is 0.440. The summed E-state index contributed by atoms with van der Waals surface area (Å²) in [5, 5.41) is 16.6. The van der Waals surface area contributed by atoms with Gasteiger partial charge in [-0.05, 0) is 42.9 Å². The second kappa shape index (κ2) is 9.68. The molecule has 1 aromatic carbocycles. The molecular weight excluding hydrogens is 423 g/mol. The molecule has 1 atom stereocenters. The standard InChI is InChI=1S/C25H29FN4O3/c1-15(2)12-21(25(32)33)29-24(31)20-14-28-30-22(17-6-4-3-5-7-17)19(13-27-23(20)30)16-8-10-18(26)11-9-16/h8-11,13-15,17,21H,3-7,12H2,1-2H3,(H,29,31)(H,32,33)/t21-/m0/s1. The van der Waals surface area contributed by atoms with Crippen molar-refractivity contribution in [1.82, 2.24) is 19.9 Å². The van der Waals surface area contributed by atoms with Crippen LogP contribution in [0.2, 0.25) is 0 Å². The number of carbonyl (C=O) groups is 2. The first-order valence-corrected chi connectivity index (χ1v) is 11.5. The molecule has 0 spiro atoms. The number of carboxylic acid groups (broad SMARTS) is 1. The van der Waals surface area contributed by atoms with Gasteiger partial charge in [-0.3, -0.25) is 4.79 Å². The van der Waals surface area contributed by atoms with E-state index in [-0.39, 0.29) is 23.2 Å². The van der Waals surface area contributed by atoms with Crippen LogP contribution < -0.4 is 5.32 Å². The molecule has 1 aliphatic rings. The summed E-state index contributed by atoms with van der Waals surface area (Å²) in [6.45, 7) is 3.82. The summed E-state index contributed by atoms with van der Waals surface area (Å²) in [5.74, 6) is -1.52. The van der Waals surface area contributed by atoms with E-state index >= 15 is 0 Å². The number of carbonyl (C=O) groups excluding carboxylic acids is 1. The fourth-order valence-electron chi connectivity index (χ4n) is 4.66. The van der Waals surface area contributed by atoms with Gasteiger partial charge in [0.05, 0.1) is 11.9 Å². The summed E-state index contributed by atoms with van der Waals surface area (Å²) in [5.41, 5.74) is 3.31. The second-order valence-corrected chi connectivity index (χ2v) is 9.19. The molecule has 0 aliphatic heterocycles. The highest BCUT2D eigenvalue weighted by molar-refractivity contribution is 6.01. The van der Waals surface area contributed by atoms with Crippen LogP contribution in [0.1, 0.15) is 74.3 Å². The van der Waals surface area contributed by atoms with Crippen molar-refractivity contribution in [3.8, 4) is 11.1 Å². The van der Waals surface area contributed by atoms with Crippen LogP contribution in [0.4, 0.5) is 4.39 Å². The lowest BCUT2D eigenvalue weighted by molar-refractivity contribution is -0.139. The minimum Gasteiger partial charge on any atom is -0.480 e. The Morgan fingerprint density at radius 1 is 1.15 bits per heavy atom. The van der Waals surface area contributed by atoms with Gasteiger partial charge in [-0.1, -0.05) is 45.2 Å². The molecule has 1 fully saturated rings. The van der Waals surface area contributed by atoms with Crippen molar-refractivity contribution in [2.75, 3.05) is 0 Å². The van der Waals surface area contributed by atoms with E-state index in [1.165, 1.54) is 24.8 Å². The van der Waals surface area contributed by atoms with E-state index in [9.17, 15) is 19.1 Å². The van der Waals surface area contributed by atoms with E-state index in [1.54, 1.807) is 22.8 Å². The molecular formula is C25H29FN4O3. The molecule has 1 saturated carbocycles. The zero-order valence-electron chi connectivity index (χ0n) is 18.9. The molecule has 0 unspecified atom stereocenters. The van der Waals surface area contributed by atoms with Crippen molar-refractivity contribution in [1.29, 1.82) is 0 Å². The van der Waals surface area contributed by atoms with Gasteiger partial charge >= 0.3 is 5.97 Å². The lowest BCUT2D eigenvalue weighted by Crippen LogP contribution is -2.41. The maximum absolute atomic E-state index is 13.5. The predicted octanol–water partition coefficient (Wildman–Crippen LogP) is 4.81. The van der Waals surface area contributed by atoms with Gasteiger partial charge in [-0.25, -0.2) is 18.7 Å². The minimum absolute atomic E-state index is 0.115. The smallest absolute Gasteiger partial charge is 0.326 e. The molecule has 0 radical (unpaired) electrons. The molecule has 4 rings (SSSR count). The molecule has 2 aromatic heterocycles. The van der Waals surface area contributed by atoms with Gasteiger partial charge in [0, 0.05) is 17.7 Å². The van der Waals surface area contributed by atoms with E-state index < -0.39 is 17.9 Å². The van der Waals surface area contributed by atoms with E-state index in [2.05, 4.69) is 15.4 Å². The Labute approximate surface area is 192 Å². The summed E-state index contributed by atoms with van der Waals surface area (Å²) in [6, 6.07) is 5.32. The van der Waals surface area contributed by atoms with Crippen molar-refractivity contribution >= 4 is 17.5 Å². The fourth-order valence-corrected chi connectivity index (χ4v) is 4.66. The Morgan fingerprint density at radius 3 is 2.48 bits per heavy atom. The first kappa shape index (κ1) is 22.9. The average Bonchev–Trinajstić information content (AvgIpc) is 3.23. The molecule has 0 saturated heterocycles. The van der Waals surface area contributed by atoms with Gasteiger partial charge in [-0.2, -0.15) is 5.10 Å². The lowest BCUT2D eigenvalue weighted by atomic mass is 9.84. The number of nitrogens with zero attached hydrogens (tertiary/aromatic N) is 3. The zero-order valence-corrected chi connectivity index (χ0v) is 18.9. The van der Waals surface area contributed by atoms with Gasteiger partial charge < -0.3 is 10.4 Å². The molecule has 2 N–H and O–H groups in total. The van der Waals surface area contributed by atoms with Gasteiger partial charge in [-0.15, -0.1) is 0 Å². The Bertz CT molecular complexity index is 1150. The normalized spacial score (nSPS) is 15.6. The van der Waals surface area contributed by atoms with Crippen LogP contribution >= 0.6 is 0 Å². The lowest BCUT2D eigenvalue weighted by Gasteiger charge is -2.25. The number of hydrogen-bond acceptors (Lipinski definition) is 4. The summed E-state index contributed by atoms with van der Waals surface area (Å²) in [4.78, 5) is 29.1. The second-order valence-electron chi connectivity index (χ2n) is 9.19. The number of nitrogens with one attached hydrogen (secondary N) is 1.